The molecule has 1 amide bonds. The number of aliphatic hydroxyl groups excluding tert-OH is 1. The van der Waals surface area contributed by atoms with Crippen molar-refractivity contribution in [3.8, 4) is 0 Å². The van der Waals surface area contributed by atoms with Gasteiger partial charge in [-0.15, -0.1) is 11.8 Å². The van der Waals surface area contributed by atoms with E-state index in [2.05, 4.69) is 24.4 Å². The van der Waals surface area contributed by atoms with Crippen LogP contribution >= 0.6 is 46.6 Å². The summed E-state index contributed by atoms with van der Waals surface area (Å²) in [7, 11) is 0. The molecular formula is C28H28Cl3NO4S. The second-order valence-electron chi connectivity index (χ2n) is 8.87. The molecular weight excluding hydrogens is 553 g/mol. The van der Waals surface area contributed by atoms with Crippen molar-refractivity contribution in [2.24, 2.45) is 5.92 Å². The average molecular weight is 581 g/mol. The molecule has 1 fully saturated rings. The predicted molar refractivity (Wildman–Crippen MR) is 149 cm³/mol. The molecule has 3 aromatic carbocycles. The number of rotatable bonds is 8. The zero-order chi connectivity index (χ0) is 26.4. The highest BCUT2D eigenvalue weighted by molar-refractivity contribution is 7.99. The van der Waals surface area contributed by atoms with Crippen molar-refractivity contribution in [2.45, 2.75) is 47.3 Å². The maximum atomic E-state index is 11.8. The maximum Gasteiger partial charge on any atom is 0.272 e. The highest BCUT2D eigenvalue weighted by Gasteiger charge is 2.38. The Balaban J connectivity index is 1.51. The van der Waals surface area contributed by atoms with E-state index >= 15 is 0 Å². The molecule has 196 valence electrons. The fourth-order valence-electron chi connectivity index (χ4n) is 4.08. The summed E-state index contributed by atoms with van der Waals surface area (Å²) in [6, 6.07) is 25.7. The van der Waals surface area contributed by atoms with Crippen LogP contribution in [0.1, 0.15) is 41.6 Å². The number of halogens is 3. The van der Waals surface area contributed by atoms with Crippen molar-refractivity contribution in [3.63, 3.8) is 0 Å². The molecule has 37 heavy (non-hydrogen) atoms. The summed E-state index contributed by atoms with van der Waals surface area (Å²) in [4.78, 5) is 13.0. The van der Waals surface area contributed by atoms with Crippen molar-refractivity contribution in [1.82, 2.24) is 5.32 Å². The molecule has 0 spiro atoms. The third kappa shape index (κ3) is 7.64. The normalized spacial score (nSPS) is 22.0. The van der Waals surface area contributed by atoms with Crippen LogP contribution < -0.4 is 5.32 Å². The molecule has 0 radical (unpaired) electrons. The topological polar surface area (TPSA) is 67.8 Å². The third-order valence-corrected chi connectivity index (χ3v) is 7.86. The minimum absolute atomic E-state index is 0.00208. The molecule has 0 aromatic heterocycles. The number of hydrogen-bond donors (Lipinski definition) is 2. The summed E-state index contributed by atoms with van der Waals surface area (Å²) in [6.45, 7) is 2.37. The maximum absolute atomic E-state index is 11.8. The number of ether oxygens (including phenoxy) is 2. The summed E-state index contributed by atoms with van der Waals surface area (Å²) < 4.78 is 11.0. The molecule has 4 atom stereocenters. The minimum atomic E-state index is -2.00. The van der Waals surface area contributed by atoms with Crippen LogP contribution in [0.2, 0.25) is 0 Å². The Morgan fingerprint density at radius 3 is 2.16 bits per heavy atom. The van der Waals surface area contributed by atoms with Gasteiger partial charge < -0.3 is 19.9 Å². The Labute approximate surface area is 236 Å². The Morgan fingerprint density at radius 1 is 0.919 bits per heavy atom. The van der Waals surface area contributed by atoms with Gasteiger partial charge in [-0.2, -0.15) is 0 Å². The Hall–Kier alpha value is -1.77. The quantitative estimate of drug-likeness (QED) is 0.228. The molecule has 3 aromatic rings. The van der Waals surface area contributed by atoms with Gasteiger partial charge in [0.05, 0.1) is 18.8 Å². The Kier molecular flexibility index (Phi) is 9.81. The number of benzene rings is 3. The van der Waals surface area contributed by atoms with Gasteiger partial charge in [0.1, 0.15) is 0 Å². The van der Waals surface area contributed by atoms with Crippen LogP contribution in [0.15, 0.2) is 83.8 Å². The van der Waals surface area contributed by atoms with Gasteiger partial charge in [-0.1, -0.05) is 108 Å². The van der Waals surface area contributed by atoms with E-state index in [9.17, 15) is 9.90 Å². The molecule has 5 nitrogen and oxygen atoms in total. The van der Waals surface area contributed by atoms with E-state index < -0.39 is 16.0 Å². The Morgan fingerprint density at radius 2 is 1.54 bits per heavy atom. The van der Waals surface area contributed by atoms with Gasteiger partial charge >= 0.3 is 0 Å². The van der Waals surface area contributed by atoms with E-state index in [0.29, 0.717) is 0 Å². The van der Waals surface area contributed by atoms with Gasteiger partial charge in [0.2, 0.25) is 0 Å². The van der Waals surface area contributed by atoms with Crippen LogP contribution in [0.3, 0.4) is 0 Å². The smallest absolute Gasteiger partial charge is 0.272 e. The zero-order valence-corrected chi connectivity index (χ0v) is 23.2. The second-order valence-corrected chi connectivity index (χ2v) is 12.2. The van der Waals surface area contributed by atoms with Gasteiger partial charge in [0.15, 0.2) is 6.29 Å². The van der Waals surface area contributed by atoms with Gasteiger partial charge in [-0.25, -0.2) is 0 Å². The fourth-order valence-corrected chi connectivity index (χ4v) is 5.37. The van der Waals surface area contributed by atoms with Gasteiger partial charge in [-0.05, 0) is 28.8 Å². The molecule has 1 aliphatic rings. The number of alkyl halides is 3. The van der Waals surface area contributed by atoms with E-state index in [-0.39, 0.29) is 31.3 Å². The number of thioether (sulfide) groups is 1. The first-order valence-corrected chi connectivity index (χ1v) is 14.0. The number of amides is 1. The van der Waals surface area contributed by atoms with Crippen molar-refractivity contribution in [2.75, 3.05) is 5.75 Å². The standard InChI is InChI=1S/C28H28Cl3NO4S/c1-18-24(17-37-23-5-3-2-4-6-23)35-26(36-25(18)21-11-9-20(16-33)10-12-21)22-13-7-19(8-14-22)15-32-27(34)28(29,30)31/h2-14,18,24-26,33H,15-17H2,1H3,(H,32,34)/t18-,24+,25+,26+/m0/s1. The van der Waals surface area contributed by atoms with Crippen molar-refractivity contribution < 1.29 is 19.4 Å². The largest absolute Gasteiger partial charge is 0.392 e. The summed E-state index contributed by atoms with van der Waals surface area (Å²) in [5.41, 5.74) is 3.62. The summed E-state index contributed by atoms with van der Waals surface area (Å²) in [5.74, 6) is 0.199. The van der Waals surface area contributed by atoms with E-state index in [1.807, 2.05) is 66.7 Å². The van der Waals surface area contributed by atoms with Crippen molar-refractivity contribution in [1.29, 1.82) is 0 Å². The van der Waals surface area contributed by atoms with Crippen LogP contribution in [-0.2, 0) is 27.4 Å². The molecule has 1 saturated heterocycles. The van der Waals surface area contributed by atoms with E-state index in [4.69, 9.17) is 44.3 Å². The number of nitrogens with one attached hydrogen (secondary N) is 1. The molecule has 4 rings (SSSR count). The number of carbonyl (C=O) groups is 1. The van der Waals surface area contributed by atoms with Crippen LogP contribution in [0, 0.1) is 5.92 Å². The summed E-state index contributed by atoms with van der Waals surface area (Å²) >= 11 is 18.6. The first-order valence-electron chi connectivity index (χ1n) is 11.9. The second kappa shape index (κ2) is 12.9. The SMILES string of the molecule is C[C@H]1[C@@H](CSc2ccccc2)O[C@@H](c2ccc(CNC(=O)C(Cl)(Cl)Cl)cc2)O[C@H]1c1ccc(CO)cc1. The van der Waals surface area contributed by atoms with Crippen LogP contribution in [-0.4, -0.2) is 26.7 Å². The molecule has 9 heteroatoms. The third-order valence-electron chi connectivity index (χ3n) is 6.24. The monoisotopic (exact) mass is 579 g/mol. The highest BCUT2D eigenvalue weighted by Crippen LogP contribution is 2.43. The summed E-state index contributed by atoms with van der Waals surface area (Å²) in [6.07, 6.45) is -0.809. The van der Waals surface area contributed by atoms with Crippen LogP contribution in [0.4, 0.5) is 0 Å². The molecule has 1 heterocycles. The molecule has 0 unspecified atom stereocenters. The van der Waals surface area contributed by atoms with E-state index in [1.165, 1.54) is 4.90 Å². The van der Waals surface area contributed by atoms with Gasteiger partial charge in [0, 0.05) is 28.7 Å². The lowest BCUT2D eigenvalue weighted by atomic mass is 9.91. The number of aliphatic hydroxyl groups is 1. The lowest BCUT2D eigenvalue weighted by molar-refractivity contribution is -0.268. The fraction of sp³-hybridized carbons (Fsp3) is 0.321. The molecule has 0 bridgehead atoms. The van der Waals surface area contributed by atoms with Crippen LogP contribution in [0.5, 0.6) is 0 Å². The predicted octanol–water partition coefficient (Wildman–Crippen LogP) is 6.75. The van der Waals surface area contributed by atoms with Gasteiger partial charge in [-0.3, -0.25) is 4.79 Å². The number of carbonyl (C=O) groups excluding carboxylic acids is 1. The summed E-state index contributed by atoms with van der Waals surface area (Å²) in [5, 5.41) is 12.0. The van der Waals surface area contributed by atoms with E-state index in [0.717, 1.165) is 28.0 Å². The van der Waals surface area contributed by atoms with Crippen molar-refractivity contribution in [3.05, 3.63) is 101 Å². The highest BCUT2D eigenvalue weighted by atomic mass is 35.6. The van der Waals surface area contributed by atoms with Crippen LogP contribution in [0.25, 0.3) is 0 Å². The Bertz CT molecular complexity index is 1160. The molecule has 1 aliphatic heterocycles. The number of hydrogen-bond acceptors (Lipinski definition) is 5. The molecule has 0 saturated carbocycles. The molecule has 0 aliphatic carbocycles. The lowest BCUT2D eigenvalue weighted by Crippen LogP contribution is -2.38. The van der Waals surface area contributed by atoms with Gasteiger partial charge in [0.25, 0.3) is 9.70 Å². The van der Waals surface area contributed by atoms with E-state index in [1.54, 1.807) is 11.8 Å². The van der Waals surface area contributed by atoms with Crippen molar-refractivity contribution >= 4 is 52.5 Å². The zero-order valence-electron chi connectivity index (χ0n) is 20.2. The molecule has 2 N–H and O–H groups in total. The average Bonchev–Trinajstić information content (AvgIpc) is 2.91. The minimum Gasteiger partial charge on any atom is -0.392 e. The lowest BCUT2D eigenvalue weighted by Gasteiger charge is -2.41. The first kappa shape index (κ1) is 28.2. The first-order chi connectivity index (χ1) is 17.7.